The maximum absolute atomic E-state index is 11.7. The number of pyridine rings is 1. The van der Waals surface area contributed by atoms with Crippen LogP contribution in [-0.2, 0) is 11.3 Å². The SMILES string of the molecule is O=C1COCc2[nH]c(=O)c3cscc3c21. The molecule has 0 bridgehead atoms. The van der Waals surface area contributed by atoms with Crippen molar-refractivity contribution in [3.05, 3.63) is 32.4 Å². The van der Waals surface area contributed by atoms with Gasteiger partial charge in [0.15, 0.2) is 5.78 Å². The third-order valence-corrected chi connectivity index (χ3v) is 3.24. The molecule has 76 valence electrons. The molecule has 0 unspecified atom stereocenters. The van der Waals surface area contributed by atoms with E-state index in [4.69, 9.17) is 4.74 Å². The summed E-state index contributed by atoms with van der Waals surface area (Å²) in [5.74, 6) is -0.0594. The van der Waals surface area contributed by atoms with Crippen molar-refractivity contribution < 1.29 is 9.53 Å². The Bertz CT molecular complexity index is 611. The van der Waals surface area contributed by atoms with Gasteiger partial charge < -0.3 is 9.72 Å². The van der Waals surface area contributed by atoms with Gasteiger partial charge in [0.05, 0.1) is 23.3 Å². The van der Waals surface area contributed by atoms with Crippen LogP contribution >= 0.6 is 11.3 Å². The molecule has 3 rings (SSSR count). The first kappa shape index (κ1) is 8.82. The fourth-order valence-corrected chi connectivity index (χ4v) is 2.66. The van der Waals surface area contributed by atoms with E-state index in [2.05, 4.69) is 4.98 Å². The largest absolute Gasteiger partial charge is 0.367 e. The minimum atomic E-state index is -0.150. The van der Waals surface area contributed by atoms with Gasteiger partial charge in [-0.25, -0.2) is 0 Å². The summed E-state index contributed by atoms with van der Waals surface area (Å²) in [6.07, 6.45) is 0. The number of aromatic amines is 1. The molecular formula is C10H7NO3S. The molecule has 0 saturated heterocycles. The van der Waals surface area contributed by atoms with Crippen molar-refractivity contribution in [2.45, 2.75) is 6.61 Å². The van der Waals surface area contributed by atoms with E-state index in [0.29, 0.717) is 23.3 Å². The number of fused-ring (bicyclic) bond motifs is 3. The number of ether oxygens (including phenoxy) is 1. The highest BCUT2D eigenvalue weighted by molar-refractivity contribution is 7.09. The third-order valence-electron chi connectivity index (χ3n) is 2.50. The van der Waals surface area contributed by atoms with E-state index in [-0.39, 0.29) is 17.9 Å². The second-order valence-corrected chi connectivity index (χ2v) is 4.17. The van der Waals surface area contributed by atoms with Crippen LogP contribution in [0.4, 0.5) is 0 Å². The van der Waals surface area contributed by atoms with Crippen LogP contribution in [0.3, 0.4) is 0 Å². The Labute approximate surface area is 88.5 Å². The van der Waals surface area contributed by atoms with Gasteiger partial charge in [0, 0.05) is 10.8 Å². The van der Waals surface area contributed by atoms with Crippen molar-refractivity contribution in [1.29, 1.82) is 0 Å². The fraction of sp³-hybridized carbons (Fsp3) is 0.200. The van der Waals surface area contributed by atoms with Gasteiger partial charge in [-0.2, -0.15) is 11.3 Å². The lowest BCUT2D eigenvalue weighted by molar-refractivity contribution is 0.0657. The summed E-state index contributed by atoms with van der Waals surface area (Å²) in [5, 5.41) is 4.95. The number of H-pyrrole nitrogens is 1. The molecule has 15 heavy (non-hydrogen) atoms. The minimum absolute atomic E-state index is 0.0594. The summed E-state index contributed by atoms with van der Waals surface area (Å²) in [7, 11) is 0. The number of Topliss-reactive ketones (excluding diaryl/α,β-unsaturated/α-hetero) is 1. The summed E-state index contributed by atoms with van der Waals surface area (Å²) >= 11 is 1.43. The quantitative estimate of drug-likeness (QED) is 0.729. The van der Waals surface area contributed by atoms with Crippen LogP contribution in [0.5, 0.6) is 0 Å². The Hall–Kier alpha value is -1.46. The maximum atomic E-state index is 11.7. The van der Waals surface area contributed by atoms with E-state index in [0.717, 1.165) is 5.39 Å². The first-order valence-electron chi connectivity index (χ1n) is 4.49. The number of hydrogen-bond donors (Lipinski definition) is 1. The van der Waals surface area contributed by atoms with Crippen molar-refractivity contribution >= 4 is 27.9 Å². The van der Waals surface area contributed by atoms with E-state index >= 15 is 0 Å². The molecule has 0 fully saturated rings. The molecule has 2 aromatic heterocycles. The zero-order valence-electron chi connectivity index (χ0n) is 7.70. The molecule has 2 aromatic rings. The van der Waals surface area contributed by atoms with Crippen molar-refractivity contribution in [2.75, 3.05) is 6.61 Å². The van der Waals surface area contributed by atoms with Crippen LogP contribution in [0.25, 0.3) is 10.8 Å². The van der Waals surface area contributed by atoms with E-state index in [1.807, 2.05) is 5.38 Å². The minimum Gasteiger partial charge on any atom is -0.367 e. The van der Waals surface area contributed by atoms with E-state index in [1.165, 1.54) is 11.3 Å². The molecule has 0 aliphatic carbocycles. The number of carbonyl (C=O) groups excluding carboxylic acids is 1. The first-order chi connectivity index (χ1) is 7.27. The van der Waals surface area contributed by atoms with E-state index in [9.17, 15) is 9.59 Å². The van der Waals surface area contributed by atoms with Gasteiger partial charge in [-0.1, -0.05) is 0 Å². The first-order valence-corrected chi connectivity index (χ1v) is 5.43. The van der Waals surface area contributed by atoms with Gasteiger partial charge in [-0.05, 0) is 5.38 Å². The van der Waals surface area contributed by atoms with Crippen LogP contribution in [0.1, 0.15) is 16.1 Å². The van der Waals surface area contributed by atoms with Crippen LogP contribution in [0.2, 0.25) is 0 Å². The summed E-state index contributed by atoms with van der Waals surface area (Å²) < 4.78 is 5.07. The predicted octanol–water partition coefficient (Wildman–Crippen LogP) is 1.30. The summed E-state index contributed by atoms with van der Waals surface area (Å²) in [6.45, 7) is 0.409. The standard InChI is InChI=1S/C10H7NO3S/c12-8-2-14-1-7-9(8)5-3-15-4-6(5)10(13)11-7/h3-4H,1-2H2,(H,11,13). The number of thiophene rings is 1. The molecule has 0 aromatic carbocycles. The third kappa shape index (κ3) is 1.17. The van der Waals surface area contributed by atoms with Crippen molar-refractivity contribution in [3.8, 4) is 0 Å². The second kappa shape index (κ2) is 3.01. The van der Waals surface area contributed by atoms with Crippen LogP contribution in [-0.4, -0.2) is 17.4 Å². The molecule has 4 nitrogen and oxygen atoms in total. The van der Waals surface area contributed by atoms with Crippen molar-refractivity contribution in [2.24, 2.45) is 0 Å². The van der Waals surface area contributed by atoms with Gasteiger partial charge in [-0.15, -0.1) is 0 Å². The Morgan fingerprint density at radius 3 is 2.87 bits per heavy atom. The number of hydrogen-bond acceptors (Lipinski definition) is 4. The molecule has 0 amide bonds. The van der Waals surface area contributed by atoms with Gasteiger partial charge in [-0.3, -0.25) is 9.59 Å². The monoisotopic (exact) mass is 221 g/mol. The van der Waals surface area contributed by atoms with Crippen LogP contribution < -0.4 is 5.56 Å². The van der Waals surface area contributed by atoms with Gasteiger partial charge >= 0.3 is 0 Å². The Morgan fingerprint density at radius 1 is 1.20 bits per heavy atom. The van der Waals surface area contributed by atoms with Crippen LogP contribution in [0.15, 0.2) is 15.6 Å². The number of nitrogens with one attached hydrogen (secondary N) is 1. The smallest absolute Gasteiger partial charge is 0.256 e. The second-order valence-electron chi connectivity index (χ2n) is 3.42. The molecule has 0 saturated carbocycles. The molecule has 0 atom stereocenters. The summed E-state index contributed by atoms with van der Waals surface area (Å²) in [5.41, 5.74) is 1.07. The normalized spacial score (nSPS) is 15.6. The summed E-state index contributed by atoms with van der Waals surface area (Å²) in [6, 6.07) is 0. The van der Waals surface area contributed by atoms with Crippen molar-refractivity contribution in [3.63, 3.8) is 0 Å². The number of carbonyl (C=O) groups is 1. The average Bonchev–Trinajstić information content (AvgIpc) is 2.66. The zero-order valence-corrected chi connectivity index (χ0v) is 8.52. The zero-order chi connectivity index (χ0) is 10.4. The Morgan fingerprint density at radius 2 is 2.00 bits per heavy atom. The molecule has 1 aliphatic heterocycles. The predicted molar refractivity (Wildman–Crippen MR) is 56.4 cm³/mol. The van der Waals surface area contributed by atoms with E-state index in [1.54, 1.807) is 5.38 Å². The number of rotatable bonds is 0. The van der Waals surface area contributed by atoms with Crippen LogP contribution in [0, 0.1) is 0 Å². The molecule has 1 aliphatic rings. The van der Waals surface area contributed by atoms with Gasteiger partial charge in [0.25, 0.3) is 5.56 Å². The Balaban J connectivity index is 2.49. The molecule has 0 radical (unpaired) electrons. The highest BCUT2D eigenvalue weighted by Gasteiger charge is 2.22. The molecule has 5 heteroatoms. The maximum Gasteiger partial charge on any atom is 0.256 e. The highest BCUT2D eigenvalue weighted by atomic mass is 32.1. The molecule has 1 N–H and O–H groups in total. The van der Waals surface area contributed by atoms with E-state index < -0.39 is 0 Å². The summed E-state index contributed by atoms with van der Waals surface area (Å²) in [4.78, 5) is 26.0. The molecular weight excluding hydrogens is 214 g/mol. The molecule has 0 spiro atoms. The number of aromatic nitrogens is 1. The topological polar surface area (TPSA) is 59.2 Å². The fourth-order valence-electron chi connectivity index (χ4n) is 1.84. The lowest BCUT2D eigenvalue weighted by Crippen LogP contribution is -2.23. The lowest BCUT2D eigenvalue weighted by Gasteiger charge is -2.15. The number of ketones is 1. The highest BCUT2D eigenvalue weighted by Crippen LogP contribution is 2.25. The molecule has 3 heterocycles. The van der Waals surface area contributed by atoms with Gasteiger partial charge in [0.1, 0.15) is 6.61 Å². The average molecular weight is 221 g/mol. The lowest BCUT2D eigenvalue weighted by atomic mass is 10.0. The van der Waals surface area contributed by atoms with Crippen molar-refractivity contribution in [1.82, 2.24) is 4.98 Å². The Kier molecular flexibility index (Phi) is 1.77. The van der Waals surface area contributed by atoms with Gasteiger partial charge in [0.2, 0.25) is 0 Å².